The molecule has 0 unspecified atom stereocenters. The van der Waals surface area contributed by atoms with Gasteiger partial charge in [-0.1, -0.05) is 0 Å². The molecule has 0 spiro atoms. The lowest BCUT2D eigenvalue weighted by Crippen LogP contribution is -2.13. The van der Waals surface area contributed by atoms with Gasteiger partial charge in [0.1, 0.15) is 4.90 Å². The van der Waals surface area contributed by atoms with Crippen molar-refractivity contribution in [1.82, 2.24) is 0 Å². The van der Waals surface area contributed by atoms with E-state index in [1.807, 2.05) is 0 Å². The summed E-state index contributed by atoms with van der Waals surface area (Å²) in [5.41, 5.74) is -1.90. The molecule has 0 aliphatic rings. The molecular weight excluding hydrogens is 302 g/mol. The van der Waals surface area contributed by atoms with E-state index >= 15 is 0 Å². The highest BCUT2D eigenvalue weighted by atomic mass is 32.2. The summed E-state index contributed by atoms with van der Waals surface area (Å²) in [6.45, 7) is -1.81. The second-order valence-electron chi connectivity index (χ2n) is 3.34. The Morgan fingerprint density at radius 3 is 2.00 bits per heavy atom. The lowest BCUT2D eigenvalue weighted by Gasteiger charge is -2.15. The molecule has 108 valence electrons. The van der Waals surface area contributed by atoms with Crippen molar-refractivity contribution in [2.24, 2.45) is 0 Å². The molecule has 0 fully saturated rings. The number of ether oxygens (including phenoxy) is 1. The zero-order valence-electron chi connectivity index (χ0n) is 9.19. The van der Waals surface area contributed by atoms with Gasteiger partial charge in [0.2, 0.25) is 12.7 Å². The third kappa shape index (κ3) is 2.77. The number of hydrogen-bond acceptors (Lipinski definition) is 3. The minimum Gasteiger partial charge on any atom is -0.458 e. The van der Waals surface area contributed by atoms with E-state index in [4.69, 9.17) is 0 Å². The Morgan fingerprint density at radius 2 is 1.63 bits per heavy atom. The number of halogens is 6. The molecule has 0 saturated heterocycles. The second kappa shape index (κ2) is 5.27. The number of rotatable bonds is 4. The summed E-state index contributed by atoms with van der Waals surface area (Å²) in [7, 11) is -4.61. The predicted molar refractivity (Wildman–Crippen MR) is 51.0 cm³/mol. The molecule has 3 nitrogen and oxygen atoms in total. The van der Waals surface area contributed by atoms with Crippen LogP contribution in [-0.4, -0.2) is 21.5 Å². The van der Waals surface area contributed by atoms with E-state index in [1.165, 1.54) is 0 Å². The van der Waals surface area contributed by atoms with Crippen molar-refractivity contribution in [3.8, 4) is 5.75 Å². The zero-order valence-corrected chi connectivity index (χ0v) is 10.0. The Balaban J connectivity index is 3.91. The summed E-state index contributed by atoms with van der Waals surface area (Å²) in [5.74, 6) is -8.54. The van der Waals surface area contributed by atoms with Gasteiger partial charge in [-0.2, -0.15) is 4.39 Å². The molecule has 0 atom stereocenters. The average Bonchev–Trinajstić information content (AvgIpc) is 2.27. The van der Waals surface area contributed by atoms with Gasteiger partial charge in [-0.15, -0.1) is 0 Å². The molecular formula is C9H6F6O3S. The van der Waals surface area contributed by atoms with E-state index in [0.717, 1.165) is 0 Å². The maximum Gasteiger partial charge on any atom is 0.268 e. The Hall–Kier alpha value is -1.45. The highest BCUT2D eigenvalue weighted by Crippen LogP contribution is 2.39. The Morgan fingerprint density at radius 1 is 1.11 bits per heavy atom. The molecule has 1 aromatic carbocycles. The first-order chi connectivity index (χ1) is 8.62. The van der Waals surface area contributed by atoms with Gasteiger partial charge in [0.05, 0.1) is 5.56 Å². The van der Waals surface area contributed by atoms with Gasteiger partial charge in [0, 0.05) is 6.26 Å². The number of alkyl halides is 3. The minimum absolute atomic E-state index is 0.343. The van der Waals surface area contributed by atoms with Crippen LogP contribution in [0.25, 0.3) is 0 Å². The van der Waals surface area contributed by atoms with E-state index in [0.29, 0.717) is 6.26 Å². The van der Waals surface area contributed by atoms with Gasteiger partial charge < -0.3 is 4.74 Å². The van der Waals surface area contributed by atoms with E-state index in [-0.39, 0.29) is 0 Å². The van der Waals surface area contributed by atoms with Crippen LogP contribution >= 0.6 is 0 Å². The van der Waals surface area contributed by atoms with Crippen molar-refractivity contribution in [3.63, 3.8) is 0 Å². The first-order valence-corrected chi connectivity index (χ1v) is 6.39. The highest BCUT2D eigenvalue weighted by molar-refractivity contribution is 7.90. The maximum absolute atomic E-state index is 13.3. The first kappa shape index (κ1) is 15.6. The quantitative estimate of drug-likeness (QED) is 0.488. The third-order valence-electron chi connectivity index (χ3n) is 2.06. The summed E-state index contributed by atoms with van der Waals surface area (Å²) < 4.78 is 103. The molecule has 19 heavy (non-hydrogen) atoms. The number of sulfone groups is 1. The van der Waals surface area contributed by atoms with Gasteiger partial charge >= 0.3 is 0 Å². The Kier molecular flexibility index (Phi) is 4.33. The molecule has 10 heteroatoms. The van der Waals surface area contributed by atoms with Crippen LogP contribution in [0.3, 0.4) is 0 Å². The van der Waals surface area contributed by atoms with Crippen molar-refractivity contribution in [2.45, 2.75) is 11.3 Å². The molecule has 0 heterocycles. The minimum atomic E-state index is -4.61. The first-order valence-electron chi connectivity index (χ1n) is 4.50. The largest absolute Gasteiger partial charge is 0.458 e. The van der Waals surface area contributed by atoms with Gasteiger partial charge in [-0.05, 0) is 0 Å². The van der Waals surface area contributed by atoms with E-state index in [1.54, 1.807) is 0 Å². The Labute approximate surface area is 103 Å². The van der Waals surface area contributed by atoms with Crippen molar-refractivity contribution >= 4 is 9.84 Å². The van der Waals surface area contributed by atoms with Crippen molar-refractivity contribution < 1.29 is 39.5 Å². The molecule has 1 aromatic rings. The smallest absolute Gasteiger partial charge is 0.268 e. The number of hydrogen-bond donors (Lipinski definition) is 0. The normalized spacial score (nSPS) is 12.0. The van der Waals surface area contributed by atoms with Crippen LogP contribution in [0.2, 0.25) is 0 Å². The monoisotopic (exact) mass is 308 g/mol. The summed E-state index contributed by atoms with van der Waals surface area (Å²) in [4.78, 5) is -1.61. The fraction of sp³-hybridized carbons (Fsp3) is 0.333. The fourth-order valence-electron chi connectivity index (χ4n) is 1.38. The maximum atomic E-state index is 13.3. The van der Waals surface area contributed by atoms with Gasteiger partial charge in [-0.3, -0.25) is 0 Å². The van der Waals surface area contributed by atoms with Crippen LogP contribution < -0.4 is 4.74 Å². The summed E-state index contributed by atoms with van der Waals surface area (Å²) >= 11 is 0. The van der Waals surface area contributed by atoms with E-state index in [2.05, 4.69) is 4.74 Å². The van der Waals surface area contributed by atoms with Gasteiger partial charge in [0.25, 0.3) is 6.43 Å². The fourth-order valence-corrected chi connectivity index (χ4v) is 2.45. The molecule has 0 aliphatic carbocycles. The molecule has 1 rings (SSSR count). The van der Waals surface area contributed by atoms with Crippen molar-refractivity contribution in [2.75, 3.05) is 13.1 Å². The molecule has 0 amide bonds. The highest BCUT2D eigenvalue weighted by Gasteiger charge is 2.35. The zero-order chi connectivity index (χ0) is 15.0. The van der Waals surface area contributed by atoms with Crippen LogP contribution in [0.15, 0.2) is 4.90 Å². The molecule has 0 aliphatic heterocycles. The standard InChI is InChI=1S/C9H6F6O3S/c1-19(16,17)8-3(9(14)15)4(11)5(12)6(13)7(8)18-2-10/h9H,2H2,1H3. The van der Waals surface area contributed by atoms with E-state index < -0.39 is 56.8 Å². The third-order valence-corrected chi connectivity index (χ3v) is 3.21. The van der Waals surface area contributed by atoms with Crippen LogP contribution in [-0.2, 0) is 9.84 Å². The van der Waals surface area contributed by atoms with Crippen molar-refractivity contribution in [1.29, 1.82) is 0 Å². The van der Waals surface area contributed by atoms with Gasteiger partial charge in [0.15, 0.2) is 27.2 Å². The summed E-state index contributed by atoms with van der Waals surface area (Å²) in [6.07, 6.45) is -3.42. The molecule has 0 bridgehead atoms. The SMILES string of the molecule is CS(=O)(=O)c1c(OCF)c(F)c(F)c(F)c1C(F)F. The van der Waals surface area contributed by atoms with Crippen LogP contribution in [0.4, 0.5) is 26.3 Å². The molecule has 0 aromatic heterocycles. The van der Waals surface area contributed by atoms with Crippen LogP contribution in [0.5, 0.6) is 5.75 Å². The van der Waals surface area contributed by atoms with Crippen molar-refractivity contribution in [3.05, 3.63) is 23.0 Å². The van der Waals surface area contributed by atoms with E-state index in [9.17, 15) is 34.8 Å². The lowest BCUT2D eigenvalue weighted by molar-refractivity contribution is 0.134. The predicted octanol–water partition coefficient (Wildman–Crippen LogP) is 2.75. The summed E-state index contributed by atoms with van der Waals surface area (Å²) in [6, 6.07) is 0. The molecule has 0 N–H and O–H groups in total. The summed E-state index contributed by atoms with van der Waals surface area (Å²) in [5, 5.41) is 0. The van der Waals surface area contributed by atoms with Crippen LogP contribution in [0.1, 0.15) is 12.0 Å². The lowest BCUT2D eigenvalue weighted by atomic mass is 10.2. The molecule has 0 saturated carbocycles. The molecule has 0 radical (unpaired) electrons. The van der Waals surface area contributed by atoms with Crippen LogP contribution in [0, 0.1) is 17.5 Å². The van der Waals surface area contributed by atoms with Gasteiger partial charge in [-0.25, -0.2) is 30.4 Å². The topological polar surface area (TPSA) is 43.4 Å². The Bertz CT molecular complexity index is 599. The second-order valence-corrected chi connectivity index (χ2v) is 5.29. The average molecular weight is 308 g/mol. The number of benzene rings is 1.